The van der Waals surface area contributed by atoms with E-state index in [1.54, 1.807) is 17.0 Å². The molecule has 28 heavy (non-hydrogen) atoms. The summed E-state index contributed by atoms with van der Waals surface area (Å²) in [6.07, 6.45) is 0. The SMILES string of the molecule is C[C@@H]1CN(C(=O)COc2cc(F)cc(F)c2)[C@@H](C)CN1Cc1ccc(F)cc1. The second kappa shape index (κ2) is 8.65. The molecular weight excluding hydrogens is 369 g/mol. The zero-order valence-electron chi connectivity index (χ0n) is 15.9. The summed E-state index contributed by atoms with van der Waals surface area (Å²) >= 11 is 0. The quantitative estimate of drug-likeness (QED) is 0.780. The molecule has 1 heterocycles. The highest BCUT2D eigenvalue weighted by atomic mass is 19.1. The second-order valence-electron chi connectivity index (χ2n) is 7.19. The molecule has 0 aromatic heterocycles. The fraction of sp³-hybridized carbons (Fsp3) is 0.381. The van der Waals surface area contributed by atoms with Gasteiger partial charge in [0.2, 0.25) is 0 Å². The van der Waals surface area contributed by atoms with Crippen LogP contribution in [0.4, 0.5) is 13.2 Å². The Morgan fingerprint density at radius 2 is 1.61 bits per heavy atom. The molecule has 3 rings (SSSR count). The van der Waals surface area contributed by atoms with E-state index in [2.05, 4.69) is 4.90 Å². The summed E-state index contributed by atoms with van der Waals surface area (Å²) in [5.41, 5.74) is 1.01. The van der Waals surface area contributed by atoms with Crippen LogP contribution in [0.15, 0.2) is 42.5 Å². The maximum atomic E-state index is 13.2. The first-order chi connectivity index (χ1) is 13.3. The Hall–Kier alpha value is -2.54. The van der Waals surface area contributed by atoms with Crippen LogP contribution in [-0.4, -0.2) is 47.5 Å². The third-order valence-electron chi connectivity index (χ3n) is 4.93. The maximum Gasteiger partial charge on any atom is 0.260 e. The van der Waals surface area contributed by atoms with Crippen LogP contribution in [0.1, 0.15) is 19.4 Å². The second-order valence-corrected chi connectivity index (χ2v) is 7.19. The van der Waals surface area contributed by atoms with Crippen LogP contribution >= 0.6 is 0 Å². The van der Waals surface area contributed by atoms with Gasteiger partial charge in [0.15, 0.2) is 6.61 Å². The van der Waals surface area contributed by atoms with E-state index < -0.39 is 11.6 Å². The number of carbonyl (C=O) groups is 1. The third-order valence-corrected chi connectivity index (χ3v) is 4.93. The third kappa shape index (κ3) is 5.04. The Labute approximate surface area is 162 Å². The summed E-state index contributed by atoms with van der Waals surface area (Å²) in [6.45, 7) is 5.55. The number of amides is 1. The number of piperazine rings is 1. The van der Waals surface area contributed by atoms with Crippen molar-refractivity contribution in [2.75, 3.05) is 19.7 Å². The van der Waals surface area contributed by atoms with Crippen molar-refractivity contribution >= 4 is 5.91 Å². The minimum Gasteiger partial charge on any atom is -0.484 e. The molecule has 0 spiro atoms. The van der Waals surface area contributed by atoms with Gasteiger partial charge in [-0.3, -0.25) is 9.69 Å². The molecule has 0 N–H and O–H groups in total. The summed E-state index contributed by atoms with van der Waals surface area (Å²) in [5, 5.41) is 0. The lowest BCUT2D eigenvalue weighted by Gasteiger charge is -2.44. The number of ether oxygens (including phenoxy) is 1. The van der Waals surface area contributed by atoms with E-state index in [1.165, 1.54) is 12.1 Å². The summed E-state index contributed by atoms with van der Waals surface area (Å²) in [6, 6.07) is 9.30. The van der Waals surface area contributed by atoms with Gasteiger partial charge < -0.3 is 9.64 Å². The molecule has 0 radical (unpaired) electrons. The molecule has 1 aliphatic heterocycles. The number of rotatable bonds is 5. The number of hydrogen-bond acceptors (Lipinski definition) is 3. The van der Waals surface area contributed by atoms with Gasteiger partial charge in [-0.2, -0.15) is 0 Å². The molecule has 0 unspecified atom stereocenters. The topological polar surface area (TPSA) is 32.8 Å². The summed E-state index contributed by atoms with van der Waals surface area (Å²) < 4.78 is 44.8. The van der Waals surface area contributed by atoms with Crippen LogP contribution in [0.3, 0.4) is 0 Å². The Kier molecular flexibility index (Phi) is 6.24. The number of benzene rings is 2. The van der Waals surface area contributed by atoms with Crippen LogP contribution in [-0.2, 0) is 11.3 Å². The first-order valence-corrected chi connectivity index (χ1v) is 9.18. The van der Waals surface area contributed by atoms with Crippen molar-refractivity contribution in [1.82, 2.24) is 9.80 Å². The van der Waals surface area contributed by atoms with E-state index in [1.807, 2.05) is 13.8 Å². The van der Waals surface area contributed by atoms with E-state index in [0.717, 1.165) is 23.8 Å². The van der Waals surface area contributed by atoms with Gasteiger partial charge in [-0.25, -0.2) is 13.2 Å². The average molecular weight is 392 g/mol. The van der Waals surface area contributed by atoms with E-state index >= 15 is 0 Å². The zero-order chi connectivity index (χ0) is 20.3. The molecule has 4 nitrogen and oxygen atoms in total. The Morgan fingerprint density at radius 1 is 0.964 bits per heavy atom. The van der Waals surface area contributed by atoms with E-state index in [9.17, 15) is 18.0 Å². The predicted molar refractivity (Wildman–Crippen MR) is 99.3 cm³/mol. The molecule has 7 heteroatoms. The lowest BCUT2D eigenvalue weighted by Crippen LogP contribution is -2.58. The summed E-state index contributed by atoms with van der Waals surface area (Å²) in [4.78, 5) is 16.5. The molecule has 1 saturated heterocycles. The predicted octanol–water partition coefficient (Wildman–Crippen LogP) is 3.60. The van der Waals surface area contributed by atoms with Crippen molar-refractivity contribution in [3.05, 3.63) is 65.5 Å². The summed E-state index contributed by atoms with van der Waals surface area (Å²) in [5.74, 6) is -2.01. The standard InChI is InChI=1S/C21H23F3N2O2/c1-14-11-26(21(27)13-28-20-8-18(23)7-19(24)9-20)15(2)10-25(14)12-16-3-5-17(22)6-4-16/h3-9,14-15H,10-13H2,1-2H3/t14-,15+/m1/s1. The Balaban J connectivity index is 1.56. The lowest BCUT2D eigenvalue weighted by molar-refractivity contribution is -0.139. The smallest absolute Gasteiger partial charge is 0.260 e. The zero-order valence-corrected chi connectivity index (χ0v) is 15.9. The molecule has 0 saturated carbocycles. The maximum absolute atomic E-state index is 13.2. The fourth-order valence-electron chi connectivity index (χ4n) is 3.43. The van der Waals surface area contributed by atoms with Crippen LogP contribution in [0.5, 0.6) is 5.75 Å². The van der Waals surface area contributed by atoms with Crippen molar-refractivity contribution in [2.45, 2.75) is 32.5 Å². The highest BCUT2D eigenvalue weighted by Gasteiger charge is 2.32. The van der Waals surface area contributed by atoms with E-state index in [4.69, 9.17) is 4.74 Å². The van der Waals surface area contributed by atoms with E-state index in [-0.39, 0.29) is 36.2 Å². The van der Waals surface area contributed by atoms with E-state index in [0.29, 0.717) is 19.6 Å². The van der Waals surface area contributed by atoms with Crippen LogP contribution in [0.25, 0.3) is 0 Å². The molecule has 1 fully saturated rings. The molecule has 1 amide bonds. The minimum absolute atomic E-state index is 0.0125. The molecule has 150 valence electrons. The van der Waals surface area contributed by atoms with Gasteiger partial charge in [0.05, 0.1) is 0 Å². The molecular formula is C21H23F3N2O2. The van der Waals surface area contributed by atoms with Crippen molar-refractivity contribution in [3.8, 4) is 5.75 Å². The molecule has 2 atom stereocenters. The van der Waals surface area contributed by atoms with Crippen LogP contribution < -0.4 is 4.74 Å². The van der Waals surface area contributed by atoms with Crippen LogP contribution in [0.2, 0.25) is 0 Å². The van der Waals surface area contributed by atoms with Crippen molar-refractivity contribution in [1.29, 1.82) is 0 Å². The number of carbonyl (C=O) groups excluding carboxylic acids is 1. The van der Waals surface area contributed by atoms with Gasteiger partial charge in [-0.15, -0.1) is 0 Å². The monoisotopic (exact) mass is 392 g/mol. The highest BCUT2D eigenvalue weighted by molar-refractivity contribution is 5.78. The minimum atomic E-state index is -0.751. The fourth-order valence-corrected chi connectivity index (χ4v) is 3.43. The van der Waals surface area contributed by atoms with Crippen molar-refractivity contribution in [2.24, 2.45) is 0 Å². The Bertz CT molecular complexity index is 809. The number of hydrogen-bond donors (Lipinski definition) is 0. The van der Waals surface area contributed by atoms with Gasteiger partial charge in [0.1, 0.15) is 23.2 Å². The number of nitrogens with zero attached hydrogens (tertiary/aromatic N) is 2. The largest absolute Gasteiger partial charge is 0.484 e. The molecule has 2 aromatic rings. The average Bonchev–Trinajstić information content (AvgIpc) is 2.63. The lowest BCUT2D eigenvalue weighted by atomic mass is 10.1. The van der Waals surface area contributed by atoms with Crippen LogP contribution in [0, 0.1) is 17.5 Å². The molecule has 1 aliphatic rings. The van der Waals surface area contributed by atoms with Crippen molar-refractivity contribution in [3.63, 3.8) is 0 Å². The number of halogens is 3. The van der Waals surface area contributed by atoms with Gasteiger partial charge in [0, 0.05) is 49.9 Å². The van der Waals surface area contributed by atoms with Gasteiger partial charge in [0.25, 0.3) is 5.91 Å². The van der Waals surface area contributed by atoms with Crippen molar-refractivity contribution < 1.29 is 22.7 Å². The normalized spacial score (nSPS) is 20.2. The first-order valence-electron chi connectivity index (χ1n) is 9.18. The first kappa shape index (κ1) is 20.2. The molecule has 0 aliphatic carbocycles. The Morgan fingerprint density at radius 3 is 2.25 bits per heavy atom. The molecule has 2 aromatic carbocycles. The summed E-state index contributed by atoms with van der Waals surface area (Å²) in [7, 11) is 0. The molecule has 0 bridgehead atoms. The highest BCUT2D eigenvalue weighted by Crippen LogP contribution is 2.20. The van der Waals surface area contributed by atoms with Gasteiger partial charge >= 0.3 is 0 Å². The van der Waals surface area contributed by atoms with Gasteiger partial charge in [-0.05, 0) is 31.5 Å². The van der Waals surface area contributed by atoms with Gasteiger partial charge in [-0.1, -0.05) is 12.1 Å².